The first kappa shape index (κ1) is 29.2. The van der Waals surface area contributed by atoms with Gasteiger partial charge in [-0.1, -0.05) is 52.3 Å². The van der Waals surface area contributed by atoms with E-state index in [0.29, 0.717) is 12.3 Å². The minimum Gasteiger partial charge on any atom is -0.495 e. The largest absolute Gasteiger partial charge is 0.495 e. The van der Waals surface area contributed by atoms with Crippen LogP contribution in [0.3, 0.4) is 0 Å². The third kappa shape index (κ3) is 6.93. The molecule has 3 rings (SSSR count). The predicted molar refractivity (Wildman–Crippen MR) is 152 cm³/mol. The maximum absolute atomic E-state index is 13.9. The van der Waals surface area contributed by atoms with Gasteiger partial charge >= 0.3 is 0 Å². The van der Waals surface area contributed by atoms with Crippen LogP contribution >= 0.6 is 15.9 Å². The van der Waals surface area contributed by atoms with E-state index in [1.165, 1.54) is 24.1 Å². The summed E-state index contributed by atoms with van der Waals surface area (Å²) in [5, 5.41) is 2.75. The number of hydrogen-bond acceptors (Lipinski definition) is 5. The summed E-state index contributed by atoms with van der Waals surface area (Å²) in [6.45, 7) is 5.24. The van der Waals surface area contributed by atoms with Gasteiger partial charge in [-0.3, -0.25) is 13.9 Å². The van der Waals surface area contributed by atoms with Gasteiger partial charge in [-0.05, 0) is 68.3 Å². The van der Waals surface area contributed by atoms with Crippen LogP contribution in [-0.2, 0) is 26.2 Å². The van der Waals surface area contributed by atoms with Crippen molar-refractivity contribution in [1.82, 2.24) is 10.2 Å². The summed E-state index contributed by atoms with van der Waals surface area (Å²) in [5.41, 5.74) is 1.83. The minimum absolute atomic E-state index is 0.0348. The molecule has 0 saturated heterocycles. The molecule has 0 aliphatic rings. The van der Waals surface area contributed by atoms with Crippen LogP contribution in [0.4, 0.5) is 5.69 Å². The van der Waals surface area contributed by atoms with Gasteiger partial charge in [0.05, 0.1) is 17.7 Å². The van der Waals surface area contributed by atoms with Crippen molar-refractivity contribution in [3.63, 3.8) is 0 Å². The molecule has 8 nitrogen and oxygen atoms in total. The summed E-state index contributed by atoms with van der Waals surface area (Å²) in [7, 11) is -2.72. The number of hydrogen-bond donors (Lipinski definition) is 1. The zero-order chi connectivity index (χ0) is 27.9. The van der Waals surface area contributed by atoms with Crippen LogP contribution in [0.1, 0.15) is 25.0 Å². The molecule has 1 N–H and O–H groups in total. The zero-order valence-corrected chi connectivity index (χ0v) is 24.3. The molecule has 3 aromatic carbocycles. The Balaban J connectivity index is 2.08. The van der Waals surface area contributed by atoms with Gasteiger partial charge in [-0.25, -0.2) is 8.42 Å². The van der Waals surface area contributed by atoms with E-state index in [9.17, 15) is 18.0 Å². The van der Waals surface area contributed by atoms with E-state index in [0.717, 1.165) is 19.9 Å². The average molecular weight is 603 g/mol. The molecule has 1 unspecified atom stereocenters. The van der Waals surface area contributed by atoms with Crippen LogP contribution < -0.4 is 14.4 Å². The minimum atomic E-state index is -4.17. The number of nitrogens with one attached hydrogen (secondary N) is 1. The number of sulfonamides is 1. The standard InChI is InChI=1S/C28H32BrN3O5S/c1-5-30-28(34)21(3)31(18-22-12-14-23(29)15-13-22)27(33)19-32(25-17-20(2)11-16-26(25)37-4)38(35,36)24-9-7-6-8-10-24/h6-17,21H,5,18-19H2,1-4H3,(H,30,34). The van der Waals surface area contributed by atoms with E-state index in [-0.39, 0.29) is 23.0 Å². The Morgan fingerprint density at radius 2 is 1.68 bits per heavy atom. The molecular formula is C28H32BrN3O5S. The van der Waals surface area contributed by atoms with Crippen LogP contribution in [-0.4, -0.2) is 51.4 Å². The fourth-order valence-corrected chi connectivity index (χ4v) is 5.62. The zero-order valence-electron chi connectivity index (χ0n) is 21.8. The number of ether oxygens (including phenoxy) is 1. The first-order valence-electron chi connectivity index (χ1n) is 12.1. The Bertz CT molecular complexity index is 1360. The first-order valence-corrected chi connectivity index (χ1v) is 14.4. The number of likely N-dealkylation sites (N-methyl/N-ethyl adjacent to an activating group) is 1. The Hall–Kier alpha value is -3.37. The summed E-state index contributed by atoms with van der Waals surface area (Å²) in [5.74, 6) is -0.558. The highest BCUT2D eigenvalue weighted by Gasteiger charge is 2.33. The second kappa shape index (κ2) is 12.9. The monoisotopic (exact) mass is 601 g/mol. The van der Waals surface area contributed by atoms with Gasteiger partial charge in [0.1, 0.15) is 18.3 Å². The van der Waals surface area contributed by atoms with Gasteiger partial charge in [-0.15, -0.1) is 0 Å². The highest BCUT2D eigenvalue weighted by molar-refractivity contribution is 9.10. The van der Waals surface area contributed by atoms with Crippen molar-refractivity contribution >= 4 is 43.5 Å². The first-order chi connectivity index (χ1) is 18.1. The van der Waals surface area contributed by atoms with E-state index in [4.69, 9.17) is 4.74 Å². The lowest BCUT2D eigenvalue weighted by atomic mass is 10.1. The lowest BCUT2D eigenvalue weighted by Gasteiger charge is -2.32. The number of carbonyl (C=O) groups excluding carboxylic acids is 2. The lowest BCUT2D eigenvalue weighted by molar-refractivity contribution is -0.139. The number of aryl methyl sites for hydroxylation is 1. The van der Waals surface area contributed by atoms with Gasteiger partial charge < -0.3 is 15.0 Å². The molecule has 0 heterocycles. The summed E-state index contributed by atoms with van der Waals surface area (Å²) >= 11 is 3.41. The van der Waals surface area contributed by atoms with E-state index in [2.05, 4.69) is 21.2 Å². The number of nitrogens with zero attached hydrogens (tertiary/aromatic N) is 2. The Kier molecular flexibility index (Phi) is 9.93. The molecule has 0 aromatic heterocycles. The van der Waals surface area contributed by atoms with Crippen LogP contribution in [0.5, 0.6) is 5.75 Å². The highest BCUT2D eigenvalue weighted by Crippen LogP contribution is 2.33. The van der Waals surface area contributed by atoms with Crippen molar-refractivity contribution in [3.05, 3.63) is 88.4 Å². The van der Waals surface area contributed by atoms with Gasteiger partial charge in [0.2, 0.25) is 11.8 Å². The quantitative estimate of drug-likeness (QED) is 0.349. The maximum atomic E-state index is 13.9. The number of methoxy groups -OCH3 is 1. The SMILES string of the molecule is CCNC(=O)C(C)N(Cc1ccc(Br)cc1)C(=O)CN(c1cc(C)ccc1OC)S(=O)(=O)c1ccccc1. The predicted octanol–water partition coefficient (Wildman–Crippen LogP) is 4.51. The number of carbonyl (C=O) groups is 2. The van der Waals surface area contributed by atoms with E-state index in [1.54, 1.807) is 50.2 Å². The van der Waals surface area contributed by atoms with E-state index < -0.39 is 28.5 Å². The van der Waals surface area contributed by atoms with Crippen molar-refractivity contribution in [1.29, 1.82) is 0 Å². The summed E-state index contributed by atoms with van der Waals surface area (Å²) in [4.78, 5) is 28.1. The molecule has 0 aliphatic heterocycles. The van der Waals surface area contributed by atoms with Gasteiger partial charge in [0.15, 0.2) is 0 Å². The topological polar surface area (TPSA) is 96.0 Å². The molecule has 0 radical (unpaired) electrons. The molecule has 0 spiro atoms. The fourth-order valence-electron chi connectivity index (χ4n) is 3.92. The molecule has 38 heavy (non-hydrogen) atoms. The van der Waals surface area contributed by atoms with Crippen molar-refractivity contribution in [2.24, 2.45) is 0 Å². The lowest BCUT2D eigenvalue weighted by Crippen LogP contribution is -2.51. The Morgan fingerprint density at radius 3 is 2.29 bits per heavy atom. The number of halogens is 1. The third-order valence-electron chi connectivity index (χ3n) is 6.00. The number of anilines is 1. The molecular weight excluding hydrogens is 570 g/mol. The highest BCUT2D eigenvalue weighted by atomic mass is 79.9. The molecule has 0 saturated carbocycles. The summed E-state index contributed by atoms with van der Waals surface area (Å²) in [6.07, 6.45) is 0. The molecule has 2 amide bonds. The van der Waals surface area contributed by atoms with Crippen molar-refractivity contribution in [2.75, 3.05) is 24.5 Å². The van der Waals surface area contributed by atoms with Crippen molar-refractivity contribution in [3.8, 4) is 5.75 Å². The molecule has 3 aromatic rings. The molecule has 0 fully saturated rings. The van der Waals surface area contributed by atoms with Crippen LogP contribution in [0.2, 0.25) is 0 Å². The van der Waals surface area contributed by atoms with E-state index >= 15 is 0 Å². The van der Waals surface area contributed by atoms with Gasteiger partial charge in [-0.2, -0.15) is 0 Å². The molecule has 1 atom stereocenters. The fraction of sp³-hybridized carbons (Fsp3) is 0.286. The number of rotatable bonds is 11. The number of benzene rings is 3. The molecule has 202 valence electrons. The summed E-state index contributed by atoms with van der Waals surface area (Å²) < 4.78 is 35.2. The third-order valence-corrected chi connectivity index (χ3v) is 8.30. The summed E-state index contributed by atoms with van der Waals surface area (Å²) in [6, 6.07) is 19.6. The molecule has 10 heteroatoms. The average Bonchev–Trinajstić information content (AvgIpc) is 2.91. The second-order valence-electron chi connectivity index (χ2n) is 8.72. The van der Waals surface area contributed by atoms with Crippen molar-refractivity contribution < 1.29 is 22.7 Å². The molecule has 0 bridgehead atoms. The van der Waals surface area contributed by atoms with E-state index in [1.807, 2.05) is 31.2 Å². The van der Waals surface area contributed by atoms with Gasteiger partial charge in [0.25, 0.3) is 10.0 Å². The molecule has 0 aliphatic carbocycles. The van der Waals surface area contributed by atoms with Crippen LogP contribution in [0.25, 0.3) is 0 Å². The number of amides is 2. The Labute approximate surface area is 232 Å². The van der Waals surface area contributed by atoms with Crippen LogP contribution in [0.15, 0.2) is 82.2 Å². The maximum Gasteiger partial charge on any atom is 0.264 e. The van der Waals surface area contributed by atoms with Gasteiger partial charge in [0, 0.05) is 17.6 Å². The van der Waals surface area contributed by atoms with Crippen molar-refractivity contribution in [2.45, 2.75) is 38.3 Å². The second-order valence-corrected chi connectivity index (χ2v) is 11.5. The smallest absolute Gasteiger partial charge is 0.264 e. The normalized spacial score (nSPS) is 11.9. The van der Waals surface area contributed by atoms with Crippen LogP contribution in [0, 0.1) is 6.92 Å². The Morgan fingerprint density at radius 1 is 1.03 bits per heavy atom.